The third kappa shape index (κ3) is 3.69. The first-order valence-electron chi connectivity index (χ1n) is 8.16. The molecular weight excluding hydrogens is 324 g/mol. The number of morpholine rings is 1. The lowest BCUT2D eigenvalue weighted by Crippen LogP contribution is -2.43. The minimum absolute atomic E-state index is 0.181. The van der Waals surface area contributed by atoms with E-state index in [0.29, 0.717) is 42.5 Å². The maximum Gasteiger partial charge on any atom is 0.276 e. The molecule has 134 valence electrons. The Labute approximate surface area is 146 Å². The van der Waals surface area contributed by atoms with E-state index in [0.717, 1.165) is 11.4 Å². The number of hydrogen-bond acceptors (Lipinski definition) is 7. The van der Waals surface area contributed by atoms with Gasteiger partial charge in [0.1, 0.15) is 17.7 Å². The summed E-state index contributed by atoms with van der Waals surface area (Å²) in [4.78, 5) is 23.3. The van der Waals surface area contributed by atoms with Crippen LogP contribution < -0.4 is 0 Å². The van der Waals surface area contributed by atoms with Gasteiger partial charge in [0.15, 0.2) is 5.69 Å². The molecule has 0 aliphatic carbocycles. The van der Waals surface area contributed by atoms with Crippen molar-refractivity contribution in [2.75, 3.05) is 26.8 Å². The molecule has 1 atom stereocenters. The quantitative estimate of drug-likeness (QED) is 0.833. The highest BCUT2D eigenvalue weighted by Crippen LogP contribution is 2.24. The maximum absolute atomic E-state index is 12.9. The van der Waals surface area contributed by atoms with Gasteiger partial charge in [0.25, 0.3) is 5.91 Å². The molecule has 1 aliphatic rings. The second kappa shape index (κ2) is 7.28. The Bertz CT molecular complexity index is 754. The average Bonchev–Trinajstić information content (AvgIpc) is 2.95. The Morgan fingerprint density at radius 2 is 2.16 bits per heavy atom. The molecule has 25 heavy (non-hydrogen) atoms. The number of hydrogen-bond donors (Lipinski definition) is 0. The van der Waals surface area contributed by atoms with Gasteiger partial charge in [-0.2, -0.15) is 0 Å². The second-order valence-corrected chi connectivity index (χ2v) is 6.09. The van der Waals surface area contributed by atoms with Crippen LogP contribution in [0.4, 0.5) is 0 Å². The molecule has 2 aromatic heterocycles. The number of amides is 1. The van der Waals surface area contributed by atoms with Crippen LogP contribution in [0, 0.1) is 20.8 Å². The van der Waals surface area contributed by atoms with Gasteiger partial charge in [-0.1, -0.05) is 5.16 Å². The minimum Gasteiger partial charge on any atom is -0.380 e. The lowest BCUT2D eigenvalue weighted by molar-refractivity contribution is -0.0252. The van der Waals surface area contributed by atoms with Crippen molar-refractivity contribution in [3.05, 3.63) is 40.3 Å². The van der Waals surface area contributed by atoms with Crippen LogP contribution in [0.3, 0.4) is 0 Å². The number of nitrogens with zero attached hydrogens (tertiary/aromatic N) is 4. The normalized spacial score (nSPS) is 17.8. The van der Waals surface area contributed by atoms with Gasteiger partial charge in [0, 0.05) is 19.3 Å². The van der Waals surface area contributed by atoms with Crippen LogP contribution in [0.25, 0.3) is 0 Å². The number of carbonyl (C=O) groups excluding carboxylic acids is 1. The van der Waals surface area contributed by atoms with Crippen molar-refractivity contribution in [3.8, 4) is 0 Å². The van der Waals surface area contributed by atoms with E-state index in [1.165, 1.54) is 0 Å². The molecule has 1 aliphatic heterocycles. The molecule has 1 amide bonds. The van der Waals surface area contributed by atoms with Gasteiger partial charge < -0.3 is 18.9 Å². The Kier molecular flexibility index (Phi) is 5.10. The van der Waals surface area contributed by atoms with E-state index >= 15 is 0 Å². The van der Waals surface area contributed by atoms with Crippen LogP contribution >= 0.6 is 0 Å². The molecule has 0 saturated carbocycles. The monoisotopic (exact) mass is 346 g/mol. The van der Waals surface area contributed by atoms with Crippen LogP contribution in [0.2, 0.25) is 0 Å². The van der Waals surface area contributed by atoms with Gasteiger partial charge in [-0.25, -0.2) is 9.97 Å². The first-order valence-corrected chi connectivity index (χ1v) is 8.16. The molecular formula is C17H22N4O4. The first kappa shape index (κ1) is 17.5. The van der Waals surface area contributed by atoms with E-state index in [-0.39, 0.29) is 18.6 Å². The molecule has 0 spiro atoms. The van der Waals surface area contributed by atoms with E-state index in [4.69, 9.17) is 14.0 Å². The van der Waals surface area contributed by atoms with Crippen molar-refractivity contribution in [3.63, 3.8) is 0 Å². The summed E-state index contributed by atoms with van der Waals surface area (Å²) in [5, 5.41) is 3.92. The molecule has 0 bridgehead atoms. The smallest absolute Gasteiger partial charge is 0.276 e. The van der Waals surface area contributed by atoms with Gasteiger partial charge >= 0.3 is 0 Å². The zero-order chi connectivity index (χ0) is 18.0. The van der Waals surface area contributed by atoms with E-state index in [1.807, 2.05) is 19.9 Å². The van der Waals surface area contributed by atoms with Gasteiger partial charge in [-0.3, -0.25) is 4.79 Å². The predicted octanol–water partition coefficient (Wildman–Crippen LogP) is 1.75. The molecule has 3 heterocycles. The molecule has 0 aromatic carbocycles. The summed E-state index contributed by atoms with van der Waals surface area (Å²) >= 11 is 0. The highest BCUT2D eigenvalue weighted by atomic mass is 16.5. The molecule has 3 rings (SSSR count). The zero-order valence-corrected chi connectivity index (χ0v) is 14.9. The third-order valence-corrected chi connectivity index (χ3v) is 4.15. The van der Waals surface area contributed by atoms with E-state index in [9.17, 15) is 4.79 Å². The highest BCUT2D eigenvalue weighted by molar-refractivity contribution is 5.93. The SMILES string of the molecule is COCc1c(C(=O)N2CCO[C@H](c3cc(C)nc(C)n3)C2)noc1C. The topological polar surface area (TPSA) is 90.6 Å². The van der Waals surface area contributed by atoms with Gasteiger partial charge in [-0.15, -0.1) is 0 Å². The molecule has 0 radical (unpaired) electrons. The van der Waals surface area contributed by atoms with Crippen LogP contribution in [0.1, 0.15) is 45.1 Å². The summed E-state index contributed by atoms with van der Waals surface area (Å²) in [7, 11) is 1.57. The van der Waals surface area contributed by atoms with Crippen LogP contribution in [0.5, 0.6) is 0 Å². The fourth-order valence-electron chi connectivity index (χ4n) is 2.95. The van der Waals surface area contributed by atoms with Crippen molar-refractivity contribution in [1.29, 1.82) is 0 Å². The van der Waals surface area contributed by atoms with Crippen molar-refractivity contribution in [1.82, 2.24) is 20.0 Å². The van der Waals surface area contributed by atoms with Gasteiger partial charge in [0.2, 0.25) is 0 Å². The number of carbonyl (C=O) groups is 1. The summed E-state index contributed by atoms with van der Waals surface area (Å²) in [5.41, 5.74) is 2.65. The standard InChI is InChI=1S/C17H22N4O4/c1-10-7-14(19-12(3)18-10)15-8-21(5-6-24-15)17(22)16-13(9-23-4)11(2)25-20-16/h7,15H,5-6,8-9H2,1-4H3/t15-/m0/s1. The van der Waals surface area contributed by atoms with E-state index in [1.54, 1.807) is 18.9 Å². The summed E-state index contributed by atoms with van der Waals surface area (Å²) in [6, 6.07) is 1.89. The van der Waals surface area contributed by atoms with E-state index in [2.05, 4.69) is 15.1 Å². The van der Waals surface area contributed by atoms with Crippen LogP contribution in [-0.4, -0.2) is 52.7 Å². The predicted molar refractivity (Wildman–Crippen MR) is 88.1 cm³/mol. The molecule has 8 nitrogen and oxygen atoms in total. The fraction of sp³-hybridized carbons (Fsp3) is 0.529. The summed E-state index contributed by atoms with van der Waals surface area (Å²) in [5.74, 6) is 1.10. The molecule has 1 fully saturated rings. The van der Waals surface area contributed by atoms with E-state index < -0.39 is 0 Å². The minimum atomic E-state index is -0.281. The molecule has 0 unspecified atom stereocenters. The molecule has 2 aromatic rings. The summed E-state index contributed by atoms with van der Waals surface area (Å²) < 4.78 is 16.1. The Hall–Kier alpha value is -2.32. The summed E-state index contributed by atoms with van der Waals surface area (Å²) in [6.45, 7) is 7.16. The number of rotatable bonds is 4. The number of ether oxygens (including phenoxy) is 2. The van der Waals surface area contributed by atoms with Crippen molar-refractivity contribution in [2.24, 2.45) is 0 Å². The zero-order valence-electron chi connectivity index (χ0n) is 14.9. The van der Waals surface area contributed by atoms with Crippen molar-refractivity contribution in [2.45, 2.75) is 33.5 Å². The lowest BCUT2D eigenvalue weighted by Gasteiger charge is -2.32. The van der Waals surface area contributed by atoms with Crippen molar-refractivity contribution < 1.29 is 18.8 Å². The van der Waals surface area contributed by atoms with Gasteiger partial charge in [-0.05, 0) is 26.8 Å². The largest absolute Gasteiger partial charge is 0.380 e. The van der Waals surface area contributed by atoms with Crippen molar-refractivity contribution >= 4 is 5.91 Å². The lowest BCUT2D eigenvalue weighted by atomic mass is 10.1. The van der Waals surface area contributed by atoms with Crippen LogP contribution in [0.15, 0.2) is 10.6 Å². The molecule has 0 N–H and O–H groups in total. The van der Waals surface area contributed by atoms with Gasteiger partial charge in [0.05, 0.1) is 31.0 Å². The number of aryl methyl sites for hydroxylation is 3. The Morgan fingerprint density at radius 3 is 2.88 bits per heavy atom. The summed E-state index contributed by atoms with van der Waals surface area (Å²) in [6.07, 6.45) is -0.281. The Balaban J connectivity index is 1.80. The average molecular weight is 346 g/mol. The first-order chi connectivity index (χ1) is 12.0. The molecule has 8 heteroatoms. The number of methoxy groups -OCH3 is 1. The third-order valence-electron chi connectivity index (χ3n) is 4.15. The maximum atomic E-state index is 12.9. The fourth-order valence-corrected chi connectivity index (χ4v) is 2.95. The highest BCUT2D eigenvalue weighted by Gasteiger charge is 2.30. The Morgan fingerprint density at radius 1 is 1.36 bits per heavy atom. The number of aromatic nitrogens is 3. The second-order valence-electron chi connectivity index (χ2n) is 6.09. The molecule has 1 saturated heterocycles. The van der Waals surface area contributed by atoms with Crippen LogP contribution in [-0.2, 0) is 16.1 Å².